The Morgan fingerprint density at radius 3 is 2.91 bits per heavy atom. The van der Waals surface area contributed by atoms with Crippen LogP contribution in [0.5, 0.6) is 0 Å². The fourth-order valence-corrected chi connectivity index (χ4v) is 2.77. The van der Waals surface area contributed by atoms with E-state index in [-0.39, 0.29) is 18.1 Å². The van der Waals surface area contributed by atoms with E-state index in [0.29, 0.717) is 5.69 Å². The van der Waals surface area contributed by atoms with Gasteiger partial charge in [0.1, 0.15) is 5.82 Å². The SMILES string of the molecule is Nc1cc(NC(=O)CN2CCCc3ccccc32)ccc1F. The van der Waals surface area contributed by atoms with Crippen molar-refractivity contribution in [3.8, 4) is 0 Å². The van der Waals surface area contributed by atoms with Crippen LogP contribution in [-0.4, -0.2) is 19.0 Å². The van der Waals surface area contributed by atoms with E-state index in [1.54, 1.807) is 0 Å². The van der Waals surface area contributed by atoms with Gasteiger partial charge in [0.15, 0.2) is 0 Å². The van der Waals surface area contributed by atoms with Crippen LogP contribution in [0.2, 0.25) is 0 Å². The van der Waals surface area contributed by atoms with E-state index >= 15 is 0 Å². The molecule has 22 heavy (non-hydrogen) atoms. The molecule has 0 bridgehead atoms. The van der Waals surface area contributed by atoms with E-state index in [2.05, 4.69) is 16.3 Å². The summed E-state index contributed by atoms with van der Waals surface area (Å²) in [4.78, 5) is 14.3. The normalized spacial score (nSPS) is 13.6. The molecule has 2 aromatic rings. The largest absolute Gasteiger partial charge is 0.396 e. The molecule has 0 aromatic heterocycles. The van der Waals surface area contributed by atoms with Gasteiger partial charge in [0, 0.05) is 17.9 Å². The van der Waals surface area contributed by atoms with Gasteiger partial charge in [-0.05, 0) is 42.7 Å². The zero-order valence-corrected chi connectivity index (χ0v) is 12.2. The first-order valence-corrected chi connectivity index (χ1v) is 7.31. The Balaban J connectivity index is 1.69. The molecular weight excluding hydrogens is 281 g/mol. The van der Waals surface area contributed by atoms with Gasteiger partial charge in [-0.3, -0.25) is 4.79 Å². The van der Waals surface area contributed by atoms with Crippen molar-refractivity contribution in [2.45, 2.75) is 12.8 Å². The first kappa shape index (κ1) is 14.4. The molecule has 114 valence electrons. The number of halogens is 1. The topological polar surface area (TPSA) is 58.4 Å². The molecule has 1 aliphatic heterocycles. The lowest BCUT2D eigenvalue weighted by molar-refractivity contribution is -0.115. The zero-order chi connectivity index (χ0) is 15.5. The van der Waals surface area contributed by atoms with Crippen LogP contribution in [0.3, 0.4) is 0 Å². The molecule has 1 amide bonds. The molecule has 1 aliphatic rings. The number of carbonyl (C=O) groups is 1. The van der Waals surface area contributed by atoms with E-state index < -0.39 is 5.82 Å². The second-order valence-electron chi connectivity index (χ2n) is 5.44. The van der Waals surface area contributed by atoms with Crippen LogP contribution < -0.4 is 16.0 Å². The number of hydrogen-bond donors (Lipinski definition) is 2. The molecule has 0 saturated carbocycles. The lowest BCUT2D eigenvalue weighted by Crippen LogP contribution is -2.36. The van der Waals surface area contributed by atoms with Crippen LogP contribution in [0.15, 0.2) is 42.5 Å². The van der Waals surface area contributed by atoms with E-state index in [1.807, 2.05) is 18.2 Å². The lowest BCUT2D eigenvalue weighted by Gasteiger charge is -2.30. The minimum Gasteiger partial charge on any atom is -0.396 e. The molecule has 3 N–H and O–H groups in total. The van der Waals surface area contributed by atoms with Crippen LogP contribution >= 0.6 is 0 Å². The molecule has 0 atom stereocenters. The van der Waals surface area contributed by atoms with Crippen molar-refractivity contribution < 1.29 is 9.18 Å². The molecule has 0 spiro atoms. The maximum Gasteiger partial charge on any atom is 0.243 e. The minimum absolute atomic E-state index is 0.0288. The first-order chi connectivity index (χ1) is 10.6. The van der Waals surface area contributed by atoms with Crippen molar-refractivity contribution in [3.63, 3.8) is 0 Å². The Morgan fingerprint density at radius 2 is 2.09 bits per heavy atom. The van der Waals surface area contributed by atoms with Crippen LogP contribution in [0, 0.1) is 5.82 Å². The Bertz CT molecular complexity index is 702. The Morgan fingerprint density at radius 1 is 1.27 bits per heavy atom. The third-order valence-corrected chi connectivity index (χ3v) is 3.82. The number of aryl methyl sites for hydroxylation is 1. The van der Waals surface area contributed by atoms with Gasteiger partial charge >= 0.3 is 0 Å². The number of carbonyl (C=O) groups excluding carboxylic acids is 1. The van der Waals surface area contributed by atoms with Crippen molar-refractivity contribution in [1.82, 2.24) is 0 Å². The highest BCUT2D eigenvalue weighted by molar-refractivity contribution is 5.94. The third-order valence-electron chi connectivity index (χ3n) is 3.82. The number of para-hydroxylation sites is 1. The number of amides is 1. The molecule has 0 aliphatic carbocycles. The summed E-state index contributed by atoms with van der Waals surface area (Å²) < 4.78 is 13.1. The molecule has 0 fully saturated rings. The summed E-state index contributed by atoms with van der Waals surface area (Å²) in [5.41, 5.74) is 8.43. The molecule has 0 unspecified atom stereocenters. The number of hydrogen-bond acceptors (Lipinski definition) is 3. The van der Waals surface area contributed by atoms with Gasteiger partial charge < -0.3 is 16.0 Å². The fraction of sp³-hybridized carbons (Fsp3) is 0.235. The highest BCUT2D eigenvalue weighted by Crippen LogP contribution is 2.26. The summed E-state index contributed by atoms with van der Waals surface area (Å²) in [5, 5.41) is 2.76. The first-order valence-electron chi connectivity index (χ1n) is 7.31. The van der Waals surface area contributed by atoms with Crippen molar-refractivity contribution in [2.24, 2.45) is 0 Å². The number of nitrogen functional groups attached to an aromatic ring is 1. The van der Waals surface area contributed by atoms with Gasteiger partial charge in [0.2, 0.25) is 5.91 Å². The quantitative estimate of drug-likeness (QED) is 0.857. The van der Waals surface area contributed by atoms with Gasteiger partial charge in [-0.2, -0.15) is 0 Å². The van der Waals surface area contributed by atoms with Crippen LogP contribution in [0.25, 0.3) is 0 Å². The number of fused-ring (bicyclic) bond motifs is 1. The van der Waals surface area contributed by atoms with E-state index in [1.165, 1.54) is 23.8 Å². The fourth-order valence-electron chi connectivity index (χ4n) is 2.77. The zero-order valence-electron chi connectivity index (χ0n) is 12.2. The van der Waals surface area contributed by atoms with Crippen molar-refractivity contribution >= 4 is 23.0 Å². The molecule has 1 heterocycles. The second kappa shape index (κ2) is 6.05. The van der Waals surface area contributed by atoms with Gasteiger partial charge in [-0.25, -0.2) is 4.39 Å². The van der Waals surface area contributed by atoms with Gasteiger partial charge in [-0.15, -0.1) is 0 Å². The molecule has 4 nitrogen and oxygen atoms in total. The smallest absolute Gasteiger partial charge is 0.243 e. The monoisotopic (exact) mass is 299 g/mol. The molecule has 3 rings (SSSR count). The summed E-state index contributed by atoms with van der Waals surface area (Å²) in [6.45, 7) is 1.13. The summed E-state index contributed by atoms with van der Waals surface area (Å²) in [7, 11) is 0. The number of rotatable bonds is 3. The van der Waals surface area contributed by atoms with Gasteiger partial charge in [0.05, 0.1) is 12.2 Å². The second-order valence-corrected chi connectivity index (χ2v) is 5.44. The summed E-state index contributed by atoms with van der Waals surface area (Å²) in [6.07, 6.45) is 2.08. The summed E-state index contributed by atoms with van der Waals surface area (Å²) >= 11 is 0. The molecule has 5 heteroatoms. The number of anilines is 3. The summed E-state index contributed by atoms with van der Waals surface area (Å²) in [5.74, 6) is -0.620. The van der Waals surface area contributed by atoms with Crippen LogP contribution in [0.1, 0.15) is 12.0 Å². The molecule has 0 saturated heterocycles. The van der Waals surface area contributed by atoms with Crippen LogP contribution in [0.4, 0.5) is 21.5 Å². The van der Waals surface area contributed by atoms with Crippen molar-refractivity contribution in [1.29, 1.82) is 0 Å². The lowest BCUT2D eigenvalue weighted by atomic mass is 10.0. The molecular formula is C17H18FN3O. The number of nitrogens with two attached hydrogens (primary N) is 1. The maximum atomic E-state index is 13.1. The molecule has 0 radical (unpaired) electrons. The Kier molecular flexibility index (Phi) is 3.96. The van der Waals surface area contributed by atoms with E-state index in [9.17, 15) is 9.18 Å². The Labute approximate surface area is 128 Å². The number of nitrogens with one attached hydrogen (secondary N) is 1. The standard InChI is InChI=1S/C17H18FN3O/c18-14-8-7-13(10-15(14)19)20-17(22)11-21-9-3-5-12-4-1-2-6-16(12)21/h1-2,4,6-8,10H,3,5,9,11,19H2,(H,20,22). The minimum atomic E-state index is -0.483. The molecule has 2 aromatic carbocycles. The van der Waals surface area contributed by atoms with Gasteiger partial charge in [0.25, 0.3) is 0 Å². The number of nitrogens with zero attached hydrogens (tertiary/aromatic N) is 1. The Hall–Kier alpha value is -2.56. The average molecular weight is 299 g/mol. The predicted octanol–water partition coefficient (Wildman–Crippen LogP) is 2.80. The highest BCUT2D eigenvalue weighted by atomic mass is 19.1. The van der Waals surface area contributed by atoms with E-state index in [0.717, 1.165) is 25.1 Å². The predicted molar refractivity (Wildman–Crippen MR) is 86.4 cm³/mol. The number of benzene rings is 2. The van der Waals surface area contributed by atoms with Gasteiger partial charge in [-0.1, -0.05) is 18.2 Å². The summed E-state index contributed by atoms with van der Waals surface area (Å²) in [6, 6.07) is 12.3. The van der Waals surface area contributed by atoms with Crippen LogP contribution in [-0.2, 0) is 11.2 Å². The average Bonchev–Trinajstić information content (AvgIpc) is 2.51. The van der Waals surface area contributed by atoms with Crippen molar-refractivity contribution in [3.05, 3.63) is 53.8 Å². The third kappa shape index (κ3) is 3.03. The highest BCUT2D eigenvalue weighted by Gasteiger charge is 2.18. The van der Waals surface area contributed by atoms with E-state index in [4.69, 9.17) is 5.73 Å². The van der Waals surface area contributed by atoms with Crippen molar-refractivity contribution in [2.75, 3.05) is 29.0 Å². The maximum absolute atomic E-state index is 13.1.